The Morgan fingerprint density at radius 2 is 1.76 bits per heavy atom. The average molecular weight is 401 g/mol. The summed E-state index contributed by atoms with van der Waals surface area (Å²) in [6.07, 6.45) is 2.94. The van der Waals surface area contributed by atoms with Crippen LogP contribution < -0.4 is 20.7 Å². The molecule has 0 aliphatic rings. The van der Waals surface area contributed by atoms with E-state index in [2.05, 4.69) is 25.9 Å². The molecular formula is C19H23N5O5. The third kappa shape index (κ3) is 6.25. The van der Waals surface area contributed by atoms with E-state index in [4.69, 9.17) is 9.47 Å². The van der Waals surface area contributed by atoms with Crippen molar-refractivity contribution >= 4 is 29.5 Å². The predicted molar refractivity (Wildman–Crippen MR) is 106 cm³/mol. The predicted octanol–water partition coefficient (Wildman–Crippen LogP) is 2.61. The molecule has 10 heteroatoms. The molecular weight excluding hydrogens is 378 g/mol. The van der Waals surface area contributed by atoms with Crippen molar-refractivity contribution < 1.29 is 23.9 Å². The summed E-state index contributed by atoms with van der Waals surface area (Å²) in [7, 11) is 1.38. The minimum atomic E-state index is -1.14. The van der Waals surface area contributed by atoms with Gasteiger partial charge in [0.05, 0.1) is 6.20 Å². The van der Waals surface area contributed by atoms with Crippen molar-refractivity contribution in [3.63, 3.8) is 0 Å². The molecule has 0 aliphatic carbocycles. The number of ether oxygens (including phenoxy) is 2. The van der Waals surface area contributed by atoms with Gasteiger partial charge in [-0.1, -0.05) is 0 Å². The topological polar surface area (TPSA) is 132 Å². The molecule has 0 bridgehead atoms. The molecule has 0 saturated carbocycles. The van der Waals surface area contributed by atoms with E-state index >= 15 is 0 Å². The van der Waals surface area contributed by atoms with Gasteiger partial charge in [-0.3, -0.25) is 20.2 Å². The fourth-order valence-electron chi connectivity index (χ4n) is 2.06. The molecule has 0 aromatic carbocycles. The van der Waals surface area contributed by atoms with Gasteiger partial charge >= 0.3 is 6.03 Å². The van der Waals surface area contributed by atoms with E-state index in [1.165, 1.54) is 26.4 Å². The van der Waals surface area contributed by atoms with Crippen molar-refractivity contribution in [2.45, 2.75) is 33.3 Å². The number of carbonyl (C=O) groups is 3. The second-order valence-corrected chi connectivity index (χ2v) is 6.62. The van der Waals surface area contributed by atoms with Gasteiger partial charge in [-0.2, -0.15) is 0 Å². The monoisotopic (exact) mass is 401 g/mol. The van der Waals surface area contributed by atoms with Gasteiger partial charge in [-0.25, -0.2) is 14.8 Å². The van der Waals surface area contributed by atoms with Gasteiger partial charge in [0.15, 0.2) is 0 Å². The van der Waals surface area contributed by atoms with Crippen LogP contribution >= 0.6 is 0 Å². The zero-order valence-corrected chi connectivity index (χ0v) is 16.8. The first-order chi connectivity index (χ1) is 13.6. The zero-order chi connectivity index (χ0) is 21.6. The number of nitrogens with zero attached hydrogens (tertiary/aromatic N) is 2. The smallest absolute Gasteiger partial charge is 0.327 e. The third-order valence-corrected chi connectivity index (χ3v) is 3.85. The van der Waals surface area contributed by atoms with Crippen LogP contribution in [0.15, 0.2) is 30.6 Å². The maximum absolute atomic E-state index is 12.0. The van der Waals surface area contributed by atoms with E-state index in [-0.39, 0.29) is 11.7 Å². The van der Waals surface area contributed by atoms with E-state index in [1.807, 2.05) is 0 Å². The van der Waals surface area contributed by atoms with Gasteiger partial charge in [0, 0.05) is 26.3 Å². The number of urea groups is 1. The van der Waals surface area contributed by atoms with Crippen LogP contribution in [0.5, 0.6) is 11.5 Å². The summed E-state index contributed by atoms with van der Waals surface area (Å²) in [5.74, 6) is 0.686. The van der Waals surface area contributed by atoms with Gasteiger partial charge in [0.1, 0.15) is 28.7 Å². The fraction of sp³-hybridized carbons (Fsp3) is 0.316. The number of carbonyl (C=O) groups excluding carboxylic acids is 3. The summed E-state index contributed by atoms with van der Waals surface area (Å²) in [6.45, 7) is 6.24. The highest BCUT2D eigenvalue weighted by molar-refractivity contribution is 6.03. The number of aryl methyl sites for hydroxylation is 1. The Morgan fingerprint density at radius 1 is 1.07 bits per heavy atom. The number of pyridine rings is 2. The molecule has 0 atom stereocenters. The third-order valence-electron chi connectivity index (χ3n) is 3.85. The van der Waals surface area contributed by atoms with E-state index in [9.17, 15) is 14.4 Å². The van der Waals surface area contributed by atoms with Crippen molar-refractivity contribution in [2.24, 2.45) is 0 Å². The molecule has 0 radical (unpaired) electrons. The number of rotatable bonds is 6. The molecule has 2 aromatic heterocycles. The highest BCUT2D eigenvalue weighted by Gasteiger charge is 2.28. The quantitative estimate of drug-likeness (QED) is 0.678. The van der Waals surface area contributed by atoms with Crippen molar-refractivity contribution in [3.05, 3.63) is 36.2 Å². The Hall–Kier alpha value is -3.53. The first-order valence-electron chi connectivity index (χ1n) is 8.66. The molecule has 10 nitrogen and oxygen atoms in total. The Balaban J connectivity index is 2.04. The molecule has 3 N–H and O–H groups in total. The van der Waals surface area contributed by atoms with Gasteiger partial charge in [-0.15, -0.1) is 0 Å². The number of hydrogen-bond donors (Lipinski definition) is 3. The lowest BCUT2D eigenvalue weighted by molar-refractivity contribution is -0.138. The average Bonchev–Trinajstić information content (AvgIpc) is 2.63. The van der Waals surface area contributed by atoms with E-state index in [1.54, 1.807) is 39.0 Å². The van der Waals surface area contributed by atoms with Crippen LogP contribution in [0.3, 0.4) is 0 Å². The number of amides is 4. The molecule has 0 aliphatic heterocycles. The summed E-state index contributed by atoms with van der Waals surface area (Å²) in [6, 6.07) is 4.07. The minimum Gasteiger partial charge on any atom is -0.455 e. The van der Waals surface area contributed by atoms with Crippen LogP contribution in [0.1, 0.15) is 26.3 Å². The molecule has 2 rings (SSSR count). The Morgan fingerprint density at radius 3 is 2.38 bits per heavy atom. The zero-order valence-electron chi connectivity index (χ0n) is 16.8. The van der Waals surface area contributed by atoms with Crippen LogP contribution in [-0.4, -0.2) is 40.5 Å². The van der Waals surface area contributed by atoms with Gasteiger partial charge in [0.2, 0.25) is 5.91 Å². The number of aromatic nitrogens is 2. The number of imide groups is 1. The number of nitrogens with one attached hydrogen (secondary N) is 3. The molecule has 2 aromatic rings. The lowest BCUT2D eigenvalue weighted by Gasteiger charge is -2.21. The molecule has 0 saturated heterocycles. The Kier molecular flexibility index (Phi) is 6.84. The highest BCUT2D eigenvalue weighted by atomic mass is 16.5. The first kappa shape index (κ1) is 21.8. The lowest BCUT2D eigenvalue weighted by atomic mass is 10.1. The second kappa shape index (κ2) is 9.11. The summed E-state index contributed by atoms with van der Waals surface area (Å²) < 4.78 is 10.8. The SMILES string of the molecule is COC(C)(C)C(=O)NC(=O)Nc1cc(C)c(Oc2ccnc(NC(C)=O)c2)cn1. The maximum atomic E-state index is 12.0. The van der Waals surface area contributed by atoms with Crippen LogP contribution in [0, 0.1) is 6.92 Å². The molecule has 0 spiro atoms. The standard InChI is InChI=1S/C19H23N5O5/c1-11-8-15(23-18(27)24-17(26)19(3,4)28-5)21-10-14(11)29-13-6-7-20-16(9-13)22-12(2)25/h6-10H,1-5H3,(H,20,22,25)(H2,21,23,24,26,27). The number of hydrogen-bond acceptors (Lipinski definition) is 7. The highest BCUT2D eigenvalue weighted by Crippen LogP contribution is 2.26. The summed E-state index contributed by atoms with van der Waals surface area (Å²) in [4.78, 5) is 43.2. The van der Waals surface area contributed by atoms with Crippen LogP contribution in [0.2, 0.25) is 0 Å². The van der Waals surface area contributed by atoms with E-state index in [0.29, 0.717) is 22.9 Å². The molecule has 154 valence electrons. The largest absolute Gasteiger partial charge is 0.455 e. The van der Waals surface area contributed by atoms with Crippen LogP contribution in [0.4, 0.5) is 16.4 Å². The normalized spacial score (nSPS) is 10.8. The number of methoxy groups -OCH3 is 1. The first-order valence-corrected chi connectivity index (χ1v) is 8.66. The Labute approximate surface area is 168 Å². The van der Waals surface area contributed by atoms with Crippen molar-refractivity contribution in [2.75, 3.05) is 17.7 Å². The minimum absolute atomic E-state index is 0.240. The summed E-state index contributed by atoms with van der Waals surface area (Å²) in [5.41, 5.74) is -0.448. The van der Waals surface area contributed by atoms with Crippen molar-refractivity contribution in [1.82, 2.24) is 15.3 Å². The van der Waals surface area contributed by atoms with Crippen molar-refractivity contribution in [3.8, 4) is 11.5 Å². The summed E-state index contributed by atoms with van der Waals surface area (Å²) in [5, 5.41) is 7.24. The molecule has 29 heavy (non-hydrogen) atoms. The fourth-order valence-corrected chi connectivity index (χ4v) is 2.06. The van der Waals surface area contributed by atoms with Gasteiger partial charge in [-0.05, 0) is 38.5 Å². The molecule has 2 heterocycles. The Bertz CT molecular complexity index is 929. The van der Waals surface area contributed by atoms with Gasteiger partial charge < -0.3 is 14.8 Å². The molecule has 0 fully saturated rings. The van der Waals surface area contributed by atoms with Gasteiger partial charge in [0.25, 0.3) is 5.91 Å². The van der Waals surface area contributed by atoms with E-state index < -0.39 is 17.5 Å². The van der Waals surface area contributed by atoms with Crippen LogP contribution in [-0.2, 0) is 14.3 Å². The van der Waals surface area contributed by atoms with Crippen molar-refractivity contribution in [1.29, 1.82) is 0 Å². The van der Waals surface area contributed by atoms with E-state index in [0.717, 1.165) is 0 Å². The second-order valence-electron chi connectivity index (χ2n) is 6.62. The lowest BCUT2D eigenvalue weighted by Crippen LogP contribution is -2.47. The summed E-state index contributed by atoms with van der Waals surface area (Å²) >= 11 is 0. The molecule has 4 amide bonds. The maximum Gasteiger partial charge on any atom is 0.327 e. The number of anilines is 2. The van der Waals surface area contributed by atoms with Crippen LogP contribution in [0.25, 0.3) is 0 Å². The molecule has 0 unspecified atom stereocenters.